The maximum absolute atomic E-state index is 11.7. The quantitative estimate of drug-likeness (QED) is 0.385. The van der Waals surface area contributed by atoms with Crippen LogP contribution in [0.25, 0.3) is 6.08 Å². The SMILES string of the molecule is CCOC(=O)COc1ccc(/C=C(\C#N)C(=O)OCC)cc1OCC. The van der Waals surface area contributed by atoms with Gasteiger partial charge in [-0.25, -0.2) is 9.59 Å². The van der Waals surface area contributed by atoms with Crippen LogP contribution in [0.4, 0.5) is 0 Å². The lowest BCUT2D eigenvalue weighted by Gasteiger charge is -2.12. The van der Waals surface area contributed by atoms with Crippen molar-refractivity contribution in [3.63, 3.8) is 0 Å². The molecule has 0 radical (unpaired) electrons. The minimum Gasteiger partial charge on any atom is -0.490 e. The number of nitrogens with zero attached hydrogens (tertiary/aromatic N) is 1. The average molecular weight is 347 g/mol. The second kappa shape index (κ2) is 10.7. The predicted molar refractivity (Wildman–Crippen MR) is 90.0 cm³/mol. The zero-order valence-corrected chi connectivity index (χ0v) is 14.5. The lowest BCUT2D eigenvalue weighted by atomic mass is 10.1. The molecule has 0 aromatic heterocycles. The highest BCUT2D eigenvalue weighted by Crippen LogP contribution is 2.29. The molecule has 7 nitrogen and oxygen atoms in total. The Balaban J connectivity index is 3.01. The molecule has 25 heavy (non-hydrogen) atoms. The number of ether oxygens (including phenoxy) is 4. The number of carbonyl (C=O) groups excluding carboxylic acids is 2. The van der Waals surface area contributed by atoms with E-state index in [0.717, 1.165) is 0 Å². The van der Waals surface area contributed by atoms with Gasteiger partial charge in [-0.15, -0.1) is 0 Å². The first-order valence-corrected chi connectivity index (χ1v) is 7.89. The fraction of sp³-hybridized carbons (Fsp3) is 0.389. The molecule has 1 rings (SSSR count). The van der Waals surface area contributed by atoms with Crippen molar-refractivity contribution < 1.29 is 28.5 Å². The minimum atomic E-state index is -0.689. The monoisotopic (exact) mass is 347 g/mol. The predicted octanol–water partition coefficient (Wildman–Crippen LogP) is 2.50. The summed E-state index contributed by atoms with van der Waals surface area (Å²) in [6.45, 7) is 5.77. The van der Waals surface area contributed by atoms with Crippen molar-refractivity contribution in [2.24, 2.45) is 0 Å². The third-order valence-corrected chi connectivity index (χ3v) is 2.85. The van der Waals surface area contributed by atoms with Crippen molar-refractivity contribution >= 4 is 18.0 Å². The Labute approximate surface area is 146 Å². The van der Waals surface area contributed by atoms with E-state index >= 15 is 0 Å². The molecule has 1 aromatic carbocycles. The Hall–Kier alpha value is -3.01. The standard InChI is InChI=1S/C18H21NO6/c1-4-22-16-10-13(9-14(11-19)18(21)24-6-3)7-8-15(16)25-12-17(20)23-5-2/h7-10H,4-6,12H2,1-3H3/b14-9+. The molecule has 0 N–H and O–H groups in total. The molecule has 0 fully saturated rings. The van der Waals surface area contributed by atoms with Gasteiger partial charge in [0.2, 0.25) is 0 Å². The molecule has 0 saturated carbocycles. The maximum atomic E-state index is 11.7. The number of carbonyl (C=O) groups is 2. The van der Waals surface area contributed by atoms with Crippen molar-refractivity contribution in [3.8, 4) is 17.6 Å². The molecule has 0 saturated heterocycles. The highest BCUT2D eigenvalue weighted by molar-refractivity contribution is 5.97. The minimum absolute atomic E-state index is 0.121. The van der Waals surface area contributed by atoms with Crippen LogP contribution in [0.2, 0.25) is 0 Å². The molecule has 1 aromatic rings. The van der Waals surface area contributed by atoms with Gasteiger partial charge in [0.15, 0.2) is 18.1 Å². The first kappa shape index (κ1) is 20.0. The maximum Gasteiger partial charge on any atom is 0.348 e. The van der Waals surface area contributed by atoms with E-state index in [1.54, 1.807) is 39.0 Å². The van der Waals surface area contributed by atoms with Gasteiger partial charge in [-0.05, 0) is 44.5 Å². The Bertz CT molecular complexity index is 675. The van der Waals surface area contributed by atoms with Crippen molar-refractivity contribution in [3.05, 3.63) is 29.3 Å². The summed E-state index contributed by atoms with van der Waals surface area (Å²) < 4.78 is 20.5. The fourth-order valence-electron chi connectivity index (χ4n) is 1.85. The van der Waals surface area contributed by atoms with Gasteiger partial charge in [-0.2, -0.15) is 5.26 Å². The van der Waals surface area contributed by atoms with E-state index in [9.17, 15) is 9.59 Å². The molecule has 0 bridgehead atoms. The third kappa shape index (κ3) is 6.55. The van der Waals surface area contributed by atoms with Crippen molar-refractivity contribution in [2.75, 3.05) is 26.4 Å². The van der Waals surface area contributed by atoms with Gasteiger partial charge in [-0.3, -0.25) is 0 Å². The molecule has 0 heterocycles. The number of nitriles is 1. The molecule has 0 aliphatic carbocycles. The van der Waals surface area contributed by atoms with Crippen LogP contribution in [0.15, 0.2) is 23.8 Å². The van der Waals surface area contributed by atoms with Gasteiger partial charge < -0.3 is 18.9 Å². The Morgan fingerprint density at radius 3 is 2.36 bits per heavy atom. The van der Waals surface area contributed by atoms with Crippen LogP contribution in [0, 0.1) is 11.3 Å². The molecule has 0 atom stereocenters. The van der Waals surface area contributed by atoms with Gasteiger partial charge >= 0.3 is 11.9 Å². The van der Waals surface area contributed by atoms with Crippen LogP contribution in [0.5, 0.6) is 11.5 Å². The summed E-state index contributed by atoms with van der Waals surface area (Å²) in [6, 6.07) is 6.65. The Morgan fingerprint density at radius 1 is 1.04 bits per heavy atom. The van der Waals surface area contributed by atoms with Gasteiger partial charge in [-0.1, -0.05) is 6.07 Å². The van der Waals surface area contributed by atoms with Crippen molar-refractivity contribution in [1.82, 2.24) is 0 Å². The molecule has 7 heteroatoms. The molecule has 134 valence electrons. The summed E-state index contributed by atoms with van der Waals surface area (Å²) in [6.07, 6.45) is 1.40. The second-order valence-corrected chi connectivity index (χ2v) is 4.62. The molecule has 0 aliphatic rings. The second-order valence-electron chi connectivity index (χ2n) is 4.62. The van der Waals surface area contributed by atoms with Gasteiger partial charge in [0, 0.05) is 0 Å². The van der Waals surface area contributed by atoms with Crippen molar-refractivity contribution in [1.29, 1.82) is 5.26 Å². The van der Waals surface area contributed by atoms with E-state index in [1.807, 2.05) is 6.07 Å². The number of rotatable bonds is 9. The highest BCUT2D eigenvalue weighted by atomic mass is 16.6. The smallest absolute Gasteiger partial charge is 0.348 e. The molecule has 0 amide bonds. The zero-order valence-electron chi connectivity index (χ0n) is 14.5. The topological polar surface area (TPSA) is 94.9 Å². The van der Waals surface area contributed by atoms with E-state index in [-0.39, 0.29) is 25.4 Å². The highest BCUT2D eigenvalue weighted by Gasteiger charge is 2.12. The summed E-state index contributed by atoms with van der Waals surface area (Å²) >= 11 is 0. The summed E-state index contributed by atoms with van der Waals surface area (Å²) in [7, 11) is 0. The van der Waals surface area contributed by atoms with E-state index < -0.39 is 11.9 Å². The van der Waals surface area contributed by atoms with E-state index in [4.69, 9.17) is 24.2 Å². The van der Waals surface area contributed by atoms with Crippen LogP contribution in [-0.4, -0.2) is 38.4 Å². The fourth-order valence-corrected chi connectivity index (χ4v) is 1.85. The largest absolute Gasteiger partial charge is 0.490 e. The first-order chi connectivity index (χ1) is 12.0. The molecular weight excluding hydrogens is 326 g/mol. The third-order valence-electron chi connectivity index (χ3n) is 2.85. The average Bonchev–Trinajstić information content (AvgIpc) is 2.59. The van der Waals surface area contributed by atoms with E-state index in [0.29, 0.717) is 23.7 Å². The lowest BCUT2D eigenvalue weighted by Crippen LogP contribution is -2.15. The summed E-state index contributed by atoms with van der Waals surface area (Å²) in [5.41, 5.74) is 0.445. The normalized spacial score (nSPS) is 10.6. The molecular formula is C18H21NO6. The number of esters is 2. The number of hydrogen-bond acceptors (Lipinski definition) is 7. The van der Waals surface area contributed by atoms with Gasteiger partial charge in [0.25, 0.3) is 0 Å². The zero-order chi connectivity index (χ0) is 18.7. The summed E-state index contributed by atoms with van der Waals surface area (Å²) in [5.74, 6) is -0.419. The molecule has 0 spiro atoms. The number of hydrogen-bond donors (Lipinski definition) is 0. The number of benzene rings is 1. The molecule has 0 aliphatic heterocycles. The van der Waals surface area contributed by atoms with E-state index in [2.05, 4.69) is 0 Å². The van der Waals surface area contributed by atoms with Gasteiger partial charge in [0.1, 0.15) is 11.6 Å². The van der Waals surface area contributed by atoms with Crippen molar-refractivity contribution in [2.45, 2.75) is 20.8 Å². The van der Waals surface area contributed by atoms with Crippen LogP contribution < -0.4 is 9.47 Å². The first-order valence-electron chi connectivity index (χ1n) is 7.89. The summed E-state index contributed by atoms with van der Waals surface area (Å²) in [4.78, 5) is 23.1. The van der Waals surface area contributed by atoms with Crippen LogP contribution in [-0.2, 0) is 19.1 Å². The summed E-state index contributed by atoms with van der Waals surface area (Å²) in [5, 5.41) is 9.08. The van der Waals surface area contributed by atoms with Crippen LogP contribution >= 0.6 is 0 Å². The van der Waals surface area contributed by atoms with Crippen LogP contribution in [0.1, 0.15) is 26.3 Å². The van der Waals surface area contributed by atoms with E-state index in [1.165, 1.54) is 6.08 Å². The lowest BCUT2D eigenvalue weighted by molar-refractivity contribution is -0.145. The van der Waals surface area contributed by atoms with Gasteiger partial charge in [0.05, 0.1) is 19.8 Å². The Morgan fingerprint density at radius 2 is 1.76 bits per heavy atom. The molecule has 0 unspecified atom stereocenters. The Kier molecular flexibility index (Phi) is 8.58. The van der Waals surface area contributed by atoms with Crippen LogP contribution in [0.3, 0.4) is 0 Å².